The van der Waals surface area contributed by atoms with E-state index in [4.69, 9.17) is 4.98 Å². The van der Waals surface area contributed by atoms with Gasteiger partial charge in [0.25, 0.3) is 5.56 Å². The fourth-order valence-electron chi connectivity index (χ4n) is 3.47. The largest absolute Gasteiger partial charge is 0.396 e. The molecule has 136 valence electrons. The smallest absolute Gasteiger partial charge is 0.267 e. The molecule has 3 heterocycles. The Labute approximate surface area is 160 Å². The van der Waals surface area contributed by atoms with Gasteiger partial charge >= 0.3 is 0 Å². The number of aromatic nitrogens is 2. The lowest BCUT2D eigenvalue weighted by Gasteiger charge is -2.19. The number of aryl methyl sites for hydroxylation is 1. The molecular formula is C19H22N3O2S2+. The van der Waals surface area contributed by atoms with Crippen molar-refractivity contribution in [3.8, 4) is 5.69 Å². The Morgan fingerprint density at radius 1 is 1.42 bits per heavy atom. The predicted molar refractivity (Wildman–Crippen MR) is 107 cm³/mol. The molecule has 5 nitrogen and oxygen atoms in total. The first-order valence-corrected chi connectivity index (χ1v) is 10.6. The number of thiophene rings is 1. The molecule has 0 radical (unpaired) electrons. The molecule has 3 aromatic rings. The first kappa shape index (κ1) is 17.7. The summed E-state index contributed by atoms with van der Waals surface area (Å²) in [6.45, 7) is 4.08. The predicted octanol–water partition coefficient (Wildman–Crippen LogP) is 1.41. The molecule has 0 bridgehead atoms. The van der Waals surface area contributed by atoms with Crippen molar-refractivity contribution in [1.29, 1.82) is 0 Å². The average Bonchev–Trinajstić information content (AvgIpc) is 2.97. The van der Waals surface area contributed by atoms with Crippen LogP contribution in [0.3, 0.4) is 0 Å². The third kappa shape index (κ3) is 3.09. The number of benzene rings is 1. The van der Waals surface area contributed by atoms with Crippen LogP contribution in [0.2, 0.25) is 0 Å². The third-order valence-corrected chi connectivity index (χ3v) is 6.77. The maximum Gasteiger partial charge on any atom is 0.267 e. The first-order valence-electron chi connectivity index (χ1n) is 8.78. The van der Waals surface area contributed by atoms with Crippen molar-refractivity contribution in [1.82, 2.24) is 9.55 Å². The second kappa shape index (κ2) is 7.15. The number of nitrogens with one attached hydrogen (secondary N) is 1. The van der Waals surface area contributed by atoms with E-state index in [9.17, 15) is 9.90 Å². The summed E-state index contributed by atoms with van der Waals surface area (Å²) in [5, 5.41) is 10.7. The highest BCUT2D eigenvalue weighted by atomic mass is 32.2. The van der Waals surface area contributed by atoms with Crippen molar-refractivity contribution in [3.05, 3.63) is 50.6 Å². The molecule has 0 amide bonds. The molecule has 2 N–H and O–H groups in total. The lowest BCUT2D eigenvalue weighted by atomic mass is 10.1. The van der Waals surface area contributed by atoms with Crippen LogP contribution in [-0.4, -0.2) is 40.6 Å². The first-order chi connectivity index (χ1) is 12.6. The zero-order valence-electron chi connectivity index (χ0n) is 14.9. The van der Waals surface area contributed by atoms with Crippen LogP contribution in [-0.2, 0) is 13.0 Å². The van der Waals surface area contributed by atoms with Crippen molar-refractivity contribution in [2.24, 2.45) is 0 Å². The number of quaternary nitrogens is 1. The Balaban J connectivity index is 1.98. The van der Waals surface area contributed by atoms with Gasteiger partial charge in [0.15, 0.2) is 5.16 Å². The van der Waals surface area contributed by atoms with Crippen LogP contribution < -0.4 is 10.5 Å². The van der Waals surface area contributed by atoms with Crippen LogP contribution in [0.25, 0.3) is 15.9 Å². The number of hydrogen-bond acceptors (Lipinski definition) is 5. The molecule has 26 heavy (non-hydrogen) atoms. The van der Waals surface area contributed by atoms with Crippen molar-refractivity contribution < 1.29 is 10.0 Å². The van der Waals surface area contributed by atoms with Crippen molar-refractivity contribution in [3.63, 3.8) is 0 Å². The van der Waals surface area contributed by atoms with E-state index in [1.165, 1.54) is 27.1 Å². The van der Waals surface area contributed by atoms with Crippen LogP contribution in [0.15, 0.2) is 34.2 Å². The molecule has 1 aliphatic heterocycles. The highest BCUT2D eigenvalue weighted by Gasteiger charge is 2.26. The van der Waals surface area contributed by atoms with Crippen LogP contribution in [0.5, 0.6) is 0 Å². The van der Waals surface area contributed by atoms with E-state index >= 15 is 0 Å². The Morgan fingerprint density at radius 2 is 2.27 bits per heavy atom. The molecule has 0 saturated heterocycles. The van der Waals surface area contributed by atoms with E-state index in [1.54, 1.807) is 15.9 Å². The Bertz CT molecular complexity index is 1030. The Hall–Kier alpha value is -1.67. The zero-order valence-corrected chi connectivity index (χ0v) is 16.5. The SMILES string of the molecule is Cc1cccc(-n2c(SCCO)nc3sc4c(c3c2=O)CC[NH+](C)C4)c1. The van der Waals surface area contributed by atoms with E-state index in [0.717, 1.165) is 41.0 Å². The van der Waals surface area contributed by atoms with Crippen molar-refractivity contribution in [2.45, 2.75) is 25.0 Å². The zero-order chi connectivity index (χ0) is 18.3. The summed E-state index contributed by atoms with van der Waals surface area (Å²) in [5.41, 5.74) is 3.14. The molecule has 2 aromatic heterocycles. The van der Waals surface area contributed by atoms with Crippen LogP contribution in [0.4, 0.5) is 0 Å². The topological polar surface area (TPSA) is 59.6 Å². The lowest BCUT2D eigenvalue weighted by Crippen LogP contribution is -3.08. The maximum atomic E-state index is 13.5. The lowest BCUT2D eigenvalue weighted by molar-refractivity contribution is -0.895. The number of likely N-dealkylation sites (N-methyl/N-ethyl adjacent to an activating group) is 1. The average molecular weight is 389 g/mol. The maximum absolute atomic E-state index is 13.5. The fourth-order valence-corrected chi connectivity index (χ4v) is 5.60. The number of rotatable bonds is 4. The molecule has 1 aromatic carbocycles. The van der Waals surface area contributed by atoms with Crippen LogP contribution >= 0.6 is 23.1 Å². The van der Waals surface area contributed by atoms with Crippen LogP contribution in [0.1, 0.15) is 16.0 Å². The number of thioether (sulfide) groups is 1. The van der Waals surface area contributed by atoms with Gasteiger partial charge < -0.3 is 10.0 Å². The van der Waals surface area contributed by atoms with Gasteiger partial charge in [-0.15, -0.1) is 11.3 Å². The van der Waals surface area contributed by atoms with Gasteiger partial charge in [0.1, 0.15) is 11.4 Å². The minimum absolute atomic E-state index is 0.0121. The molecule has 0 spiro atoms. The van der Waals surface area contributed by atoms with Gasteiger partial charge in [-0.25, -0.2) is 4.98 Å². The van der Waals surface area contributed by atoms with Crippen molar-refractivity contribution >= 4 is 33.3 Å². The highest BCUT2D eigenvalue weighted by molar-refractivity contribution is 7.99. The molecule has 7 heteroatoms. The van der Waals surface area contributed by atoms with E-state index < -0.39 is 0 Å². The van der Waals surface area contributed by atoms with Gasteiger partial charge in [-0.1, -0.05) is 23.9 Å². The highest BCUT2D eigenvalue weighted by Crippen LogP contribution is 2.31. The summed E-state index contributed by atoms with van der Waals surface area (Å²) in [6.07, 6.45) is 0.926. The van der Waals surface area contributed by atoms with Gasteiger partial charge in [-0.3, -0.25) is 9.36 Å². The fraction of sp³-hybridized carbons (Fsp3) is 0.368. The summed E-state index contributed by atoms with van der Waals surface area (Å²) >= 11 is 3.08. The second-order valence-corrected chi connectivity index (χ2v) is 8.91. The summed E-state index contributed by atoms with van der Waals surface area (Å²) < 4.78 is 1.72. The standard InChI is InChI=1S/C19H21N3O2S2/c1-12-4-3-5-13(10-12)22-18(24)16-14-6-7-21(2)11-15(14)26-17(16)20-19(22)25-9-8-23/h3-5,10,23H,6-9,11H2,1-2H3/p+1. The summed E-state index contributed by atoms with van der Waals surface area (Å²) in [7, 11) is 2.19. The molecule has 4 rings (SSSR count). The van der Waals surface area contributed by atoms with E-state index in [1.807, 2.05) is 31.2 Å². The van der Waals surface area contributed by atoms with E-state index in [0.29, 0.717) is 10.9 Å². The molecule has 0 fully saturated rings. The molecule has 1 unspecified atom stereocenters. The normalized spacial score (nSPS) is 16.8. The van der Waals surface area contributed by atoms with E-state index in [-0.39, 0.29) is 12.2 Å². The van der Waals surface area contributed by atoms with Gasteiger partial charge in [0.2, 0.25) is 0 Å². The Morgan fingerprint density at radius 3 is 3.04 bits per heavy atom. The van der Waals surface area contributed by atoms with Crippen LogP contribution in [0, 0.1) is 6.92 Å². The minimum Gasteiger partial charge on any atom is -0.396 e. The molecule has 0 saturated carbocycles. The number of aliphatic hydroxyl groups excluding tert-OH is 1. The van der Waals surface area contributed by atoms with Gasteiger partial charge in [0, 0.05) is 12.2 Å². The minimum atomic E-state index is 0.0121. The summed E-state index contributed by atoms with van der Waals surface area (Å²) in [6, 6.07) is 7.94. The number of aliphatic hydroxyl groups is 1. The van der Waals surface area contributed by atoms with Gasteiger partial charge in [-0.05, 0) is 30.2 Å². The Kier molecular flexibility index (Phi) is 4.88. The summed E-state index contributed by atoms with van der Waals surface area (Å²) in [4.78, 5) is 21.9. The molecule has 1 atom stereocenters. The number of nitrogens with zero attached hydrogens (tertiary/aromatic N) is 2. The number of hydrogen-bond donors (Lipinski definition) is 2. The summed E-state index contributed by atoms with van der Waals surface area (Å²) in [5.74, 6) is 0.516. The third-order valence-electron chi connectivity index (χ3n) is 4.72. The van der Waals surface area contributed by atoms with E-state index in [2.05, 4.69) is 7.05 Å². The van der Waals surface area contributed by atoms with Gasteiger partial charge in [-0.2, -0.15) is 0 Å². The quantitative estimate of drug-likeness (QED) is 0.524. The van der Waals surface area contributed by atoms with Crippen molar-refractivity contribution in [2.75, 3.05) is 26.0 Å². The monoisotopic (exact) mass is 388 g/mol. The number of fused-ring (bicyclic) bond motifs is 3. The van der Waals surface area contributed by atoms with Gasteiger partial charge in [0.05, 0.1) is 36.2 Å². The second-order valence-electron chi connectivity index (χ2n) is 6.76. The molecule has 1 aliphatic rings. The molecule has 0 aliphatic carbocycles. The molecular weight excluding hydrogens is 366 g/mol.